The number of carbonyl (C=O) groups is 1. The van der Waals surface area contributed by atoms with Crippen molar-refractivity contribution in [1.29, 1.82) is 0 Å². The average molecular weight is 296 g/mol. The topological polar surface area (TPSA) is 55.6 Å². The summed E-state index contributed by atoms with van der Waals surface area (Å²) in [6.07, 6.45) is 2.14. The van der Waals surface area contributed by atoms with Crippen LogP contribution in [0.5, 0.6) is 5.75 Å². The van der Waals surface area contributed by atoms with Crippen molar-refractivity contribution < 1.29 is 9.63 Å². The lowest BCUT2D eigenvalue weighted by atomic mass is 9.99. The molecule has 4 heteroatoms. The number of hydrogen-bond donors (Lipinski definition) is 1. The molecular weight excluding hydrogens is 276 g/mol. The minimum Gasteiger partial charge on any atom is -0.405 e. The van der Waals surface area contributed by atoms with E-state index in [2.05, 4.69) is 24.3 Å². The predicted octanol–water partition coefficient (Wildman–Crippen LogP) is 2.64. The maximum absolute atomic E-state index is 11.4. The molecule has 2 aromatic carbocycles. The van der Waals surface area contributed by atoms with Crippen molar-refractivity contribution in [3.8, 4) is 5.75 Å². The monoisotopic (exact) mass is 296 g/mol. The van der Waals surface area contributed by atoms with Crippen LogP contribution < -0.4 is 10.6 Å². The van der Waals surface area contributed by atoms with E-state index in [1.54, 1.807) is 18.2 Å². The number of hydrogen-bond acceptors (Lipinski definition) is 3. The highest BCUT2D eigenvalue weighted by atomic mass is 16.7. The van der Waals surface area contributed by atoms with Crippen molar-refractivity contribution in [2.75, 3.05) is 13.1 Å². The summed E-state index contributed by atoms with van der Waals surface area (Å²) in [6.45, 7) is 1.73. The van der Waals surface area contributed by atoms with E-state index in [0.29, 0.717) is 17.2 Å². The molecule has 1 unspecified atom stereocenters. The van der Waals surface area contributed by atoms with Crippen LogP contribution in [0.25, 0.3) is 0 Å². The number of nitrogens with two attached hydrogens (primary N) is 1. The number of rotatable bonds is 5. The first-order valence-electron chi connectivity index (χ1n) is 7.58. The Hall–Kier alpha value is -2.33. The van der Waals surface area contributed by atoms with Crippen molar-refractivity contribution in [1.82, 2.24) is 5.06 Å². The highest BCUT2D eigenvalue weighted by Gasteiger charge is 2.25. The second kappa shape index (κ2) is 6.62. The van der Waals surface area contributed by atoms with Crippen molar-refractivity contribution in [3.05, 3.63) is 65.7 Å². The molecule has 0 spiro atoms. The first-order chi connectivity index (χ1) is 10.7. The van der Waals surface area contributed by atoms with Crippen LogP contribution in [0.2, 0.25) is 0 Å². The molecule has 2 N–H and O–H groups in total. The van der Waals surface area contributed by atoms with E-state index in [-0.39, 0.29) is 0 Å². The van der Waals surface area contributed by atoms with Crippen molar-refractivity contribution in [2.24, 2.45) is 11.7 Å². The van der Waals surface area contributed by atoms with E-state index in [1.807, 2.05) is 17.2 Å². The van der Waals surface area contributed by atoms with E-state index in [0.717, 1.165) is 25.9 Å². The van der Waals surface area contributed by atoms with Gasteiger partial charge >= 0.3 is 0 Å². The quantitative estimate of drug-likeness (QED) is 0.923. The number of amides is 1. The van der Waals surface area contributed by atoms with Crippen LogP contribution in [-0.4, -0.2) is 24.1 Å². The smallest absolute Gasteiger partial charge is 0.252 e. The molecule has 22 heavy (non-hydrogen) atoms. The van der Waals surface area contributed by atoms with Gasteiger partial charge in [-0.3, -0.25) is 4.79 Å². The minimum absolute atomic E-state index is 0.425. The third-order valence-corrected chi connectivity index (χ3v) is 4.00. The van der Waals surface area contributed by atoms with Crippen LogP contribution >= 0.6 is 0 Å². The Bertz CT molecular complexity index is 643. The van der Waals surface area contributed by atoms with Crippen LogP contribution in [0.4, 0.5) is 0 Å². The normalized spacial score (nSPS) is 18.3. The molecule has 1 aliphatic rings. The van der Waals surface area contributed by atoms with E-state index in [4.69, 9.17) is 10.6 Å². The molecule has 1 aliphatic heterocycles. The number of hydroxylamine groups is 2. The third kappa shape index (κ3) is 3.46. The van der Waals surface area contributed by atoms with Gasteiger partial charge in [0.1, 0.15) is 0 Å². The van der Waals surface area contributed by atoms with Crippen LogP contribution in [0, 0.1) is 5.92 Å². The molecule has 1 fully saturated rings. The summed E-state index contributed by atoms with van der Waals surface area (Å²) >= 11 is 0. The molecule has 3 rings (SSSR count). The lowest BCUT2D eigenvalue weighted by Crippen LogP contribution is -2.26. The Kier molecular flexibility index (Phi) is 4.39. The molecular formula is C18H20N2O2. The molecule has 1 amide bonds. The van der Waals surface area contributed by atoms with E-state index in [9.17, 15) is 4.79 Å². The first kappa shape index (κ1) is 14.6. The Morgan fingerprint density at radius 2 is 1.86 bits per heavy atom. The molecule has 0 aromatic heterocycles. The summed E-state index contributed by atoms with van der Waals surface area (Å²) < 4.78 is 0. The number of benzene rings is 2. The van der Waals surface area contributed by atoms with Gasteiger partial charge in [0.15, 0.2) is 5.75 Å². The molecule has 2 aromatic rings. The highest BCUT2D eigenvalue weighted by molar-refractivity contribution is 5.95. The van der Waals surface area contributed by atoms with Gasteiger partial charge < -0.3 is 10.6 Å². The molecule has 4 nitrogen and oxygen atoms in total. The van der Waals surface area contributed by atoms with Gasteiger partial charge in [0.05, 0.1) is 5.56 Å². The standard InChI is InChI=1S/C18H20N2O2/c19-18(21)16-8-4-5-9-17(16)22-20-11-10-15(13-20)12-14-6-2-1-3-7-14/h1-9,15H,10-13H2,(H2,19,21). The molecule has 0 bridgehead atoms. The number of nitrogens with zero attached hydrogens (tertiary/aromatic N) is 1. The summed E-state index contributed by atoms with van der Waals surface area (Å²) in [4.78, 5) is 17.3. The third-order valence-electron chi connectivity index (χ3n) is 4.00. The van der Waals surface area contributed by atoms with E-state index < -0.39 is 5.91 Å². The lowest BCUT2D eigenvalue weighted by Gasteiger charge is -2.18. The maximum Gasteiger partial charge on any atom is 0.252 e. The van der Waals surface area contributed by atoms with Crippen LogP contribution in [0.1, 0.15) is 22.3 Å². The summed E-state index contributed by atoms with van der Waals surface area (Å²) in [7, 11) is 0. The van der Waals surface area contributed by atoms with Gasteiger partial charge in [0.25, 0.3) is 5.91 Å². The Morgan fingerprint density at radius 3 is 2.64 bits per heavy atom. The van der Waals surface area contributed by atoms with Crippen molar-refractivity contribution >= 4 is 5.91 Å². The zero-order chi connectivity index (χ0) is 15.4. The van der Waals surface area contributed by atoms with Gasteiger partial charge in [0.2, 0.25) is 0 Å². The number of carbonyl (C=O) groups excluding carboxylic acids is 1. The minimum atomic E-state index is -0.462. The Labute approximate surface area is 130 Å². The van der Waals surface area contributed by atoms with Crippen LogP contribution in [-0.2, 0) is 6.42 Å². The number of para-hydroxylation sites is 1. The predicted molar refractivity (Wildman–Crippen MR) is 85.4 cm³/mol. The fraction of sp³-hybridized carbons (Fsp3) is 0.278. The summed E-state index contributed by atoms with van der Waals surface area (Å²) in [5.74, 6) is 0.647. The van der Waals surface area contributed by atoms with Gasteiger partial charge in [0, 0.05) is 13.1 Å². The Morgan fingerprint density at radius 1 is 1.14 bits per heavy atom. The number of primary amides is 1. The molecule has 0 aliphatic carbocycles. The second-order valence-electron chi connectivity index (χ2n) is 5.68. The molecule has 0 saturated carbocycles. The Balaban J connectivity index is 1.61. The first-order valence-corrected chi connectivity index (χ1v) is 7.58. The molecule has 0 radical (unpaired) electrons. The highest BCUT2D eigenvalue weighted by Crippen LogP contribution is 2.24. The maximum atomic E-state index is 11.4. The summed E-state index contributed by atoms with van der Waals surface area (Å²) in [5, 5.41) is 1.93. The van der Waals surface area contributed by atoms with Crippen LogP contribution in [0.15, 0.2) is 54.6 Å². The molecule has 114 valence electrons. The van der Waals surface area contributed by atoms with Gasteiger partial charge in [-0.1, -0.05) is 42.5 Å². The zero-order valence-corrected chi connectivity index (χ0v) is 12.4. The SMILES string of the molecule is NC(=O)c1ccccc1ON1CCC(Cc2ccccc2)C1. The summed E-state index contributed by atoms with van der Waals surface area (Å²) in [6, 6.07) is 17.6. The summed E-state index contributed by atoms with van der Waals surface area (Å²) in [5.41, 5.74) is 7.16. The fourth-order valence-electron chi connectivity index (χ4n) is 2.88. The van der Waals surface area contributed by atoms with Gasteiger partial charge in [-0.05, 0) is 36.5 Å². The molecule has 1 saturated heterocycles. The van der Waals surface area contributed by atoms with E-state index >= 15 is 0 Å². The van der Waals surface area contributed by atoms with Crippen LogP contribution in [0.3, 0.4) is 0 Å². The molecule has 1 heterocycles. The zero-order valence-electron chi connectivity index (χ0n) is 12.4. The largest absolute Gasteiger partial charge is 0.405 e. The van der Waals surface area contributed by atoms with Crippen molar-refractivity contribution in [2.45, 2.75) is 12.8 Å². The van der Waals surface area contributed by atoms with Crippen molar-refractivity contribution in [3.63, 3.8) is 0 Å². The van der Waals surface area contributed by atoms with Gasteiger partial charge in [-0.15, -0.1) is 5.06 Å². The van der Waals surface area contributed by atoms with Gasteiger partial charge in [-0.2, -0.15) is 0 Å². The fourth-order valence-corrected chi connectivity index (χ4v) is 2.88. The second-order valence-corrected chi connectivity index (χ2v) is 5.68. The molecule has 1 atom stereocenters. The van der Waals surface area contributed by atoms with Gasteiger partial charge in [-0.25, -0.2) is 0 Å². The lowest BCUT2D eigenvalue weighted by molar-refractivity contribution is -0.0388. The van der Waals surface area contributed by atoms with E-state index in [1.165, 1.54) is 5.56 Å². The average Bonchev–Trinajstić information content (AvgIpc) is 2.96.